The predicted octanol–water partition coefficient (Wildman–Crippen LogP) is 8.69. The highest BCUT2D eigenvalue weighted by atomic mass is 28.3. The van der Waals surface area contributed by atoms with Gasteiger partial charge in [-0.05, 0) is 68.3 Å². The fraction of sp³-hybridized carbons (Fsp3) is 0. The molecule has 7 rings (SSSR count). The van der Waals surface area contributed by atoms with E-state index in [0.717, 1.165) is 33.8 Å². The van der Waals surface area contributed by atoms with Crippen molar-refractivity contribution < 1.29 is 0 Å². The minimum absolute atomic E-state index is 0.938. The number of hydrogen-bond donors (Lipinski definition) is 0. The summed E-state index contributed by atoms with van der Waals surface area (Å²) in [5, 5.41) is 5.12. The van der Waals surface area contributed by atoms with Crippen LogP contribution in [0.5, 0.6) is 0 Å². The number of benzene rings is 7. The van der Waals surface area contributed by atoms with Gasteiger partial charge in [0.25, 0.3) is 0 Å². The molecule has 48 heavy (non-hydrogen) atoms. The second kappa shape index (κ2) is 14.1. The molecule has 0 N–H and O–H groups in total. The Morgan fingerprint density at radius 1 is 0.417 bits per heavy atom. The molecule has 0 aliphatic heterocycles. The topological polar surface area (TPSA) is 3.24 Å². The summed E-state index contributed by atoms with van der Waals surface area (Å²) in [6, 6.07) is 68.9. The Bertz CT molecular complexity index is 2020. The van der Waals surface area contributed by atoms with Crippen molar-refractivity contribution in [3.8, 4) is 12.3 Å². The Hall–Kier alpha value is -6.14. The van der Waals surface area contributed by atoms with E-state index >= 15 is 0 Å². The lowest BCUT2D eigenvalue weighted by molar-refractivity contribution is 1.28. The summed E-state index contributed by atoms with van der Waals surface area (Å²) in [7, 11) is -2.77. The zero-order valence-corrected chi connectivity index (χ0v) is 27.7. The molecule has 0 aliphatic rings. The highest BCUT2D eigenvalue weighted by molar-refractivity contribution is 7.20. The molecule has 0 heterocycles. The number of nitrogens with zero attached hydrogens (tertiary/aromatic N) is 1. The number of hydrogen-bond acceptors (Lipinski definition) is 1. The predicted molar refractivity (Wildman–Crippen MR) is 208 cm³/mol. The van der Waals surface area contributed by atoms with Gasteiger partial charge in [0.15, 0.2) is 8.07 Å². The van der Waals surface area contributed by atoms with Gasteiger partial charge in [0, 0.05) is 22.6 Å². The number of para-hydroxylation sites is 2. The van der Waals surface area contributed by atoms with Crippen molar-refractivity contribution in [2.24, 2.45) is 0 Å². The third-order valence-electron chi connectivity index (χ3n) is 8.90. The Morgan fingerprint density at radius 2 is 0.833 bits per heavy atom. The largest absolute Gasteiger partial charge is 0.311 e. The van der Waals surface area contributed by atoms with Crippen LogP contribution in [0.2, 0.25) is 0 Å². The zero-order valence-electron chi connectivity index (χ0n) is 26.7. The lowest BCUT2D eigenvalue weighted by Crippen LogP contribution is -2.75. The van der Waals surface area contributed by atoms with E-state index in [1.54, 1.807) is 0 Å². The van der Waals surface area contributed by atoms with E-state index in [2.05, 4.69) is 205 Å². The quantitative estimate of drug-likeness (QED) is 0.0669. The lowest BCUT2D eigenvalue weighted by Gasteiger charge is -2.35. The fourth-order valence-corrected chi connectivity index (χ4v) is 11.7. The average molecular weight is 630 g/mol. The van der Waals surface area contributed by atoms with Crippen LogP contribution in [-0.2, 0) is 0 Å². The van der Waals surface area contributed by atoms with Crippen LogP contribution < -0.4 is 25.6 Å². The second-order valence-corrected chi connectivity index (χ2v) is 15.5. The van der Waals surface area contributed by atoms with Crippen LogP contribution in [0.4, 0.5) is 17.1 Å². The lowest BCUT2D eigenvalue weighted by atomic mass is 10.1. The molecule has 0 radical (unpaired) electrons. The summed E-state index contributed by atoms with van der Waals surface area (Å²) in [5.41, 5.74) is 6.41. The van der Waals surface area contributed by atoms with Crippen LogP contribution in [0.15, 0.2) is 194 Å². The molecular weight excluding hydrogens is 595 g/mol. The highest BCUT2D eigenvalue weighted by Crippen LogP contribution is 2.34. The van der Waals surface area contributed by atoms with Crippen LogP contribution in [0.25, 0.3) is 12.2 Å². The van der Waals surface area contributed by atoms with Gasteiger partial charge in [0.2, 0.25) is 0 Å². The van der Waals surface area contributed by atoms with Crippen molar-refractivity contribution >= 4 is 58.0 Å². The number of terminal acetylenes is 1. The van der Waals surface area contributed by atoms with E-state index in [4.69, 9.17) is 6.42 Å². The molecule has 0 unspecified atom stereocenters. The molecule has 0 amide bonds. The SMILES string of the molecule is C#Cc1c(C=Cc2ccc(N(c3ccccc3)c3ccccc3)cc2)cccc1[Si](c1ccccc1)(c1ccccc1)c1ccccc1. The van der Waals surface area contributed by atoms with Crippen molar-refractivity contribution in [3.05, 3.63) is 211 Å². The van der Waals surface area contributed by atoms with Crippen molar-refractivity contribution in [1.82, 2.24) is 0 Å². The van der Waals surface area contributed by atoms with E-state index in [0.29, 0.717) is 0 Å². The van der Waals surface area contributed by atoms with Gasteiger partial charge in [0.1, 0.15) is 0 Å². The van der Waals surface area contributed by atoms with Crippen LogP contribution >= 0.6 is 0 Å². The Balaban J connectivity index is 1.31. The normalized spacial score (nSPS) is 11.2. The van der Waals surface area contributed by atoms with Gasteiger partial charge in [-0.15, -0.1) is 6.42 Å². The molecule has 1 nitrogen and oxygen atoms in total. The monoisotopic (exact) mass is 629 g/mol. The van der Waals surface area contributed by atoms with Crippen molar-refractivity contribution in [1.29, 1.82) is 0 Å². The second-order valence-electron chi connectivity index (χ2n) is 11.7. The molecule has 0 saturated carbocycles. The Kier molecular flexibility index (Phi) is 8.96. The van der Waals surface area contributed by atoms with Gasteiger partial charge in [-0.2, -0.15) is 0 Å². The fourth-order valence-electron chi connectivity index (χ4n) is 6.74. The van der Waals surface area contributed by atoms with Crippen LogP contribution in [-0.4, -0.2) is 8.07 Å². The molecule has 0 fully saturated rings. The van der Waals surface area contributed by atoms with Crippen molar-refractivity contribution in [2.75, 3.05) is 4.90 Å². The van der Waals surface area contributed by atoms with E-state index in [9.17, 15) is 0 Å². The average Bonchev–Trinajstić information content (AvgIpc) is 3.17. The minimum atomic E-state index is -2.77. The number of rotatable bonds is 9. The van der Waals surface area contributed by atoms with Gasteiger partial charge in [0.05, 0.1) is 0 Å². The first kappa shape index (κ1) is 30.5. The number of anilines is 3. The smallest absolute Gasteiger partial charge is 0.180 e. The van der Waals surface area contributed by atoms with Gasteiger partial charge in [-0.1, -0.05) is 176 Å². The summed E-state index contributed by atoms with van der Waals surface area (Å²) in [4.78, 5) is 2.27. The molecular formula is C46H35NSi. The molecule has 0 atom stereocenters. The maximum atomic E-state index is 6.45. The third-order valence-corrected chi connectivity index (χ3v) is 13.7. The summed E-state index contributed by atoms with van der Waals surface area (Å²) >= 11 is 0. The first-order valence-electron chi connectivity index (χ1n) is 16.2. The molecule has 7 aromatic rings. The molecule has 0 spiro atoms. The summed E-state index contributed by atoms with van der Waals surface area (Å²) in [6.45, 7) is 0. The van der Waals surface area contributed by atoms with Gasteiger partial charge >= 0.3 is 0 Å². The molecule has 0 saturated heterocycles. The first-order valence-corrected chi connectivity index (χ1v) is 18.2. The van der Waals surface area contributed by atoms with E-state index in [1.165, 1.54) is 20.7 Å². The van der Waals surface area contributed by atoms with Crippen LogP contribution in [0.1, 0.15) is 16.7 Å². The maximum absolute atomic E-state index is 6.45. The summed E-state index contributed by atoms with van der Waals surface area (Å²) in [5.74, 6) is 3.15. The summed E-state index contributed by atoms with van der Waals surface area (Å²) in [6.07, 6.45) is 10.8. The van der Waals surface area contributed by atoms with Crippen molar-refractivity contribution in [2.45, 2.75) is 0 Å². The highest BCUT2D eigenvalue weighted by Gasteiger charge is 2.42. The molecule has 0 aromatic heterocycles. The molecule has 2 heteroatoms. The van der Waals surface area contributed by atoms with Crippen LogP contribution in [0.3, 0.4) is 0 Å². The van der Waals surface area contributed by atoms with Gasteiger partial charge < -0.3 is 4.90 Å². The van der Waals surface area contributed by atoms with E-state index in [1.807, 2.05) is 12.1 Å². The molecule has 7 aromatic carbocycles. The van der Waals surface area contributed by atoms with Gasteiger partial charge in [-0.25, -0.2) is 0 Å². The molecule has 0 bridgehead atoms. The Morgan fingerprint density at radius 3 is 1.27 bits per heavy atom. The van der Waals surface area contributed by atoms with E-state index < -0.39 is 8.07 Å². The molecule has 0 aliphatic carbocycles. The first-order chi connectivity index (χ1) is 23.8. The van der Waals surface area contributed by atoms with Gasteiger partial charge in [-0.3, -0.25) is 0 Å². The molecule has 228 valence electrons. The van der Waals surface area contributed by atoms with E-state index in [-0.39, 0.29) is 0 Å². The van der Waals surface area contributed by atoms with Crippen LogP contribution in [0, 0.1) is 12.3 Å². The zero-order chi connectivity index (χ0) is 32.6. The summed E-state index contributed by atoms with van der Waals surface area (Å²) < 4.78 is 0. The minimum Gasteiger partial charge on any atom is -0.311 e. The standard InChI is InChI=1S/C46H35NSi/c1-2-45-38(34-31-37-32-35-41(36-33-37)47(39-20-8-3-9-21-39)40-22-10-4-11-23-40)19-18-30-46(45)48(42-24-12-5-13-25-42,43-26-14-6-15-27-43)44-28-16-7-17-29-44/h1,3-36H. The third kappa shape index (κ3) is 5.92. The maximum Gasteiger partial charge on any atom is 0.180 e. The van der Waals surface area contributed by atoms with Crippen molar-refractivity contribution in [3.63, 3.8) is 0 Å². The Labute approximate surface area is 285 Å².